The molecule has 1 spiro atoms. The molecule has 148 valence electrons. The van der Waals surface area contributed by atoms with E-state index in [0.29, 0.717) is 31.2 Å². The Morgan fingerprint density at radius 3 is 2.63 bits per heavy atom. The van der Waals surface area contributed by atoms with E-state index in [-0.39, 0.29) is 17.7 Å². The topological polar surface area (TPSA) is 58.6 Å². The van der Waals surface area contributed by atoms with Crippen LogP contribution in [0.3, 0.4) is 0 Å². The second-order valence-electron chi connectivity index (χ2n) is 8.27. The Hall–Kier alpha value is -1.88. The smallest absolute Gasteiger partial charge is 0.254 e. The maximum atomic E-state index is 13.4. The van der Waals surface area contributed by atoms with Crippen LogP contribution in [0, 0.1) is 5.92 Å². The summed E-state index contributed by atoms with van der Waals surface area (Å²) in [7, 11) is 1.66. The lowest BCUT2D eigenvalue weighted by Crippen LogP contribution is -2.63. The first kappa shape index (κ1) is 19.9. The van der Waals surface area contributed by atoms with E-state index in [1.165, 1.54) is 0 Å². The first-order valence-corrected chi connectivity index (χ1v) is 10.2. The zero-order chi connectivity index (χ0) is 19.4. The number of benzene rings is 1. The van der Waals surface area contributed by atoms with Gasteiger partial charge in [0.2, 0.25) is 5.91 Å². The minimum absolute atomic E-state index is 0.0393. The van der Waals surface area contributed by atoms with E-state index in [9.17, 15) is 9.59 Å². The number of nitrogens with zero attached hydrogens (tertiary/aromatic N) is 1. The van der Waals surface area contributed by atoms with Gasteiger partial charge < -0.3 is 15.0 Å². The molecule has 27 heavy (non-hydrogen) atoms. The first-order chi connectivity index (χ1) is 13.0. The maximum Gasteiger partial charge on any atom is 0.254 e. The number of hydrogen-bond donors (Lipinski definition) is 1. The Morgan fingerprint density at radius 2 is 1.96 bits per heavy atom. The number of methoxy groups -OCH3 is 1. The van der Waals surface area contributed by atoms with E-state index in [4.69, 9.17) is 4.74 Å². The van der Waals surface area contributed by atoms with Crippen LogP contribution in [0.2, 0.25) is 0 Å². The summed E-state index contributed by atoms with van der Waals surface area (Å²) in [6.07, 6.45) is 5.00. The van der Waals surface area contributed by atoms with Crippen molar-refractivity contribution in [3.63, 3.8) is 0 Å². The Bertz CT molecular complexity index is 680. The van der Waals surface area contributed by atoms with Crippen molar-refractivity contribution in [2.75, 3.05) is 26.8 Å². The van der Waals surface area contributed by atoms with E-state index < -0.39 is 5.54 Å². The average Bonchev–Trinajstić information content (AvgIpc) is 2.67. The molecular weight excluding hydrogens is 340 g/mol. The molecule has 1 aliphatic carbocycles. The molecule has 3 rings (SSSR count). The number of amides is 2. The minimum atomic E-state index is -0.441. The number of hydrogen-bond acceptors (Lipinski definition) is 3. The second kappa shape index (κ2) is 8.42. The third-order valence-electron chi connectivity index (χ3n) is 6.01. The monoisotopic (exact) mass is 372 g/mol. The van der Waals surface area contributed by atoms with Gasteiger partial charge in [-0.05, 0) is 30.4 Å². The predicted octanol–water partition coefficient (Wildman–Crippen LogP) is 3.35. The average molecular weight is 373 g/mol. The summed E-state index contributed by atoms with van der Waals surface area (Å²) in [5, 5.41) is 3.15. The molecule has 1 aromatic carbocycles. The SMILES string of the molecule is COCCN1C(=O)c2ccccc2[C@@H](C(=O)NCC(C)C)C12CCCCC2. The summed E-state index contributed by atoms with van der Waals surface area (Å²) in [6, 6.07) is 7.65. The molecule has 1 N–H and O–H groups in total. The van der Waals surface area contributed by atoms with Crippen molar-refractivity contribution < 1.29 is 14.3 Å². The molecule has 0 saturated heterocycles. The molecule has 0 radical (unpaired) electrons. The van der Waals surface area contributed by atoms with Crippen LogP contribution in [0.15, 0.2) is 24.3 Å². The standard InChI is InChI=1S/C22H32N2O3/c1-16(2)15-23-20(25)19-17-9-5-6-10-18(17)21(26)24(13-14-27-3)22(19)11-7-4-8-12-22/h5-6,9-10,16,19H,4,7-8,11-15H2,1-3H3,(H,23,25)/t19-/m0/s1. The Labute approximate surface area is 162 Å². The molecule has 5 nitrogen and oxygen atoms in total. The number of fused-ring (bicyclic) bond motifs is 1. The molecule has 0 bridgehead atoms. The zero-order valence-corrected chi connectivity index (χ0v) is 16.8. The third kappa shape index (κ3) is 3.75. The van der Waals surface area contributed by atoms with Gasteiger partial charge in [-0.3, -0.25) is 9.59 Å². The Balaban J connectivity index is 2.07. The van der Waals surface area contributed by atoms with Crippen LogP contribution >= 0.6 is 0 Å². The van der Waals surface area contributed by atoms with Gasteiger partial charge >= 0.3 is 0 Å². The van der Waals surface area contributed by atoms with Crippen molar-refractivity contribution in [2.45, 2.75) is 57.4 Å². The van der Waals surface area contributed by atoms with Gasteiger partial charge in [0.15, 0.2) is 0 Å². The normalized spacial score (nSPS) is 21.4. The summed E-state index contributed by atoms with van der Waals surface area (Å²) in [5.41, 5.74) is 1.11. The first-order valence-electron chi connectivity index (χ1n) is 10.2. The van der Waals surface area contributed by atoms with Gasteiger partial charge in [0.1, 0.15) is 0 Å². The summed E-state index contributed by atoms with van der Waals surface area (Å²) in [5.74, 6) is 0.161. The fraction of sp³-hybridized carbons (Fsp3) is 0.636. The predicted molar refractivity (Wildman–Crippen MR) is 106 cm³/mol. The molecule has 5 heteroatoms. The number of rotatable bonds is 6. The van der Waals surface area contributed by atoms with Gasteiger partial charge in [-0.2, -0.15) is 0 Å². The highest BCUT2D eigenvalue weighted by atomic mass is 16.5. The summed E-state index contributed by atoms with van der Waals surface area (Å²) < 4.78 is 5.30. The lowest BCUT2D eigenvalue weighted by Gasteiger charge is -2.53. The minimum Gasteiger partial charge on any atom is -0.383 e. The molecule has 1 atom stereocenters. The Kier molecular flexibility index (Phi) is 6.20. The molecule has 0 unspecified atom stereocenters. The van der Waals surface area contributed by atoms with Crippen LogP contribution in [-0.2, 0) is 9.53 Å². The number of ether oxygens (including phenoxy) is 1. The van der Waals surface area contributed by atoms with Crippen LogP contribution in [0.25, 0.3) is 0 Å². The van der Waals surface area contributed by atoms with Crippen molar-refractivity contribution >= 4 is 11.8 Å². The fourth-order valence-electron chi connectivity index (χ4n) is 4.76. The van der Waals surface area contributed by atoms with Gasteiger partial charge in [-0.1, -0.05) is 51.3 Å². The summed E-state index contributed by atoms with van der Waals surface area (Å²) in [4.78, 5) is 28.7. The van der Waals surface area contributed by atoms with Gasteiger partial charge in [0.25, 0.3) is 5.91 Å². The molecule has 1 aromatic rings. The Morgan fingerprint density at radius 1 is 1.26 bits per heavy atom. The number of nitrogens with one attached hydrogen (secondary N) is 1. The van der Waals surface area contributed by atoms with Crippen LogP contribution in [-0.4, -0.2) is 49.1 Å². The van der Waals surface area contributed by atoms with E-state index >= 15 is 0 Å². The van der Waals surface area contributed by atoms with E-state index in [0.717, 1.165) is 37.7 Å². The van der Waals surface area contributed by atoms with E-state index in [1.807, 2.05) is 29.2 Å². The van der Waals surface area contributed by atoms with Crippen LogP contribution in [0.4, 0.5) is 0 Å². The molecule has 0 aromatic heterocycles. The molecular formula is C22H32N2O3. The summed E-state index contributed by atoms with van der Waals surface area (Å²) >= 11 is 0. The van der Waals surface area contributed by atoms with Gasteiger partial charge in [-0.15, -0.1) is 0 Å². The van der Waals surface area contributed by atoms with Crippen LogP contribution in [0.1, 0.15) is 67.8 Å². The molecule has 2 aliphatic rings. The van der Waals surface area contributed by atoms with Gasteiger partial charge in [-0.25, -0.2) is 0 Å². The van der Waals surface area contributed by atoms with Crippen molar-refractivity contribution in [2.24, 2.45) is 5.92 Å². The lowest BCUT2D eigenvalue weighted by atomic mass is 9.65. The van der Waals surface area contributed by atoms with Crippen molar-refractivity contribution in [3.05, 3.63) is 35.4 Å². The van der Waals surface area contributed by atoms with Crippen molar-refractivity contribution in [1.29, 1.82) is 0 Å². The molecule has 1 saturated carbocycles. The molecule has 1 fully saturated rings. The lowest BCUT2D eigenvalue weighted by molar-refractivity contribution is -0.127. The quantitative estimate of drug-likeness (QED) is 0.833. The maximum absolute atomic E-state index is 13.4. The third-order valence-corrected chi connectivity index (χ3v) is 6.01. The second-order valence-corrected chi connectivity index (χ2v) is 8.27. The highest BCUT2D eigenvalue weighted by molar-refractivity contribution is 6.02. The molecule has 2 amide bonds. The van der Waals surface area contributed by atoms with Crippen molar-refractivity contribution in [3.8, 4) is 0 Å². The molecule has 1 aliphatic heterocycles. The highest BCUT2D eigenvalue weighted by Gasteiger charge is 2.54. The zero-order valence-electron chi connectivity index (χ0n) is 16.8. The molecule has 1 heterocycles. The largest absolute Gasteiger partial charge is 0.383 e. The van der Waals surface area contributed by atoms with Crippen LogP contribution < -0.4 is 5.32 Å². The highest BCUT2D eigenvalue weighted by Crippen LogP contribution is 2.49. The van der Waals surface area contributed by atoms with Crippen LogP contribution in [0.5, 0.6) is 0 Å². The fourth-order valence-corrected chi connectivity index (χ4v) is 4.76. The van der Waals surface area contributed by atoms with Crippen molar-refractivity contribution in [1.82, 2.24) is 10.2 Å². The number of carbonyl (C=O) groups is 2. The number of carbonyl (C=O) groups excluding carboxylic acids is 2. The summed E-state index contributed by atoms with van der Waals surface area (Å²) in [6.45, 7) is 5.85. The van der Waals surface area contributed by atoms with Gasteiger partial charge in [0.05, 0.1) is 18.1 Å². The van der Waals surface area contributed by atoms with Gasteiger partial charge in [0, 0.05) is 25.8 Å². The van der Waals surface area contributed by atoms with E-state index in [2.05, 4.69) is 19.2 Å². The van der Waals surface area contributed by atoms with E-state index in [1.54, 1.807) is 7.11 Å².